The summed E-state index contributed by atoms with van der Waals surface area (Å²) in [4.78, 5) is 22.6. The molecule has 0 spiro atoms. The quantitative estimate of drug-likeness (QED) is 0.820. The predicted molar refractivity (Wildman–Crippen MR) is 92.8 cm³/mol. The maximum absolute atomic E-state index is 12.1. The van der Waals surface area contributed by atoms with Crippen molar-refractivity contribution >= 4 is 17.4 Å². The Morgan fingerprint density at radius 3 is 2.43 bits per heavy atom. The molecule has 6 nitrogen and oxygen atoms in total. The molecule has 122 valence electrons. The molecule has 0 fully saturated rings. The molecule has 2 aromatic rings. The summed E-state index contributed by atoms with van der Waals surface area (Å²) >= 11 is 0. The molecule has 1 aromatic carbocycles. The maximum atomic E-state index is 12.1. The van der Waals surface area contributed by atoms with Gasteiger partial charge in [-0.25, -0.2) is 9.97 Å². The molecule has 6 heteroatoms. The third kappa shape index (κ3) is 5.34. The van der Waals surface area contributed by atoms with E-state index in [2.05, 4.69) is 32.4 Å². The average molecular weight is 313 g/mol. The molecule has 0 saturated heterocycles. The van der Waals surface area contributed by atoms with Crippen LogP contribution in [0.5, 0.6) is 0 Å². The molecule has 1 aromatic heterocycles. The van der Waals surface area contributed by atoms with Crippen molar-refractivity contribution in [3.8, 4) is 0 Å². The molecule has 1 heterocycles. The Kier molecular flexibility index (Phi) is 6.05. The van der Waals surface area contributed by atoms with E-state index in [1.165, 1.54) is 11.8 Å². The van der Waals surface area contributed by atoms with Gasteiger partial charge in [0.15, 0.2) is 0 Å². The molecule has 0 bridgehead atoms. The summed E-state index contributed by atoms with van der Waals surface area (Å²) in [6, 6.07) is 7.78. The van der Waals surface area contributed by atoms with Crippen LogP contribution in [0, 0.1) is 0 Å². The number of rotatable bonds is 7. The summed E-state index contributed by atoms with van der Waals surface area (Å²) in [5.41, 5.74) is 2.28. The highest BCUT2D eigenvalue weighted by Crippen LogP contribution is 2.11. The van der Waals surface area contributed by atoms with Crippen LogP contribution in [0.25, 0.3) is 0 Å². The number of benzene rings is 1. The number of nitrogens with zero attached hydrogens (tertiary/aromatic N) is 3. The Labute approximate surface area is 137 Å². The third-order valence-electron chi connectivity index (χ3n) is 3.37. The Morgan fingerprint density at radius 2 is 1.87 bits per heavy atom. The molecule has 0 aliphatic heterocycles. The lowest BCUT2D eigenvalue weighted by Gasteiger charge is -2.10. The van der Waals surface area contributed by atoms with E-state index in [1.807, 2.05) is 38.4 Å². The Hall–Kier alpha value is -2.47. The molecule has 0 unspecified atom stereocenters. The van der Waals surface area contributed by atoms with Gasteiger partial charge in [-0.2, -0.15) is 0 Å². The normalized spacial score (nSPS) is 10.6. The van der Waals surface area contributed by atoms with E-state index < -0.39 is 0 Å². The van der Waals surface area contributed by atoms with Crippen molar-refractivity contribution in [1.82, 2.24) is 14.9 Å². The van der Waals surface area contributed by atoms with Gasteiger partial charge in [-0.3, -0.25) is 4.79 Å². The molecule has 0 atom stereocenters. The van der Waals surface area contributed by atoms with Gasteiger partial charge in [-0.05, 0) is 38.2 Å². The first kappa shape index (κ1) is 16.9. The fourth-order valence-electron chi connectivity index (χ4n) is 1.96. The number of amides is 1. The SMILES string of the molecule is CCc1ccc(NC(=O)c2cnc(NCCN(C)C)cn2)cc1. The Morgan fingerprint density at radius 1 is 1.13 bits per heavy atom. The van der Waals surface area contributed by atoms with E-state index in [-0.39, 0.29) is 5.91 Å². The van der Waals surface area contributed by atoms with Gasteiger partial charge in [0.05, 0.1) is 12.4 Å². The first-order chi connectivity index (χ1) is 11.1. The predicted octanol–water partition coefficient (Wildman–Crippen LogP) is 2.26. The largest absolute Gasteiger partial charge is 0.368 e. The van der Waals surface area contributed by atoms with Crippen LogP contribution in [0.2, 0.25) is 0 Å². The lowest BCUT2D eigenvalue weighted by atomic mass is 10.1. The number of nitrogens with one attached hydrogen (secondary N) is 2. The van der Waals surface area contributed by atoms with Gasteiger partial charge in [0, 0.05) is 18.8 Å². The number of aromatic nitrogens is 2. The van der Waals surface area contributed by atoms with E-state index in [4.69, 9.17) is 0 Å². The van der Waals surface area contributed by atoms with Crippen molar-refractivity contribution in [3.05, 3.63) is 47.9 Å². The van der Waals surface area contributed by atoms with Gasteiger partial charge in [0.2, 0.25) is 0 Å². The maximum Gasteiger partial charge on any atom is 0.275 e. The number of likely N-dealkylation sites (N-methyl/N-ethyl adjacent to an activating group) is 1. The zero-order valence-electron chi connectivity index (χ0n) is 13.8. The highest BCUT2D eigenvalue weighted by molar-refractivity contribution is 6.02. The summed E-state index contributed by atoms with van der Waals surface area (Å²) in [5.74, 6) is 0.400. The fraction of sp³-hybridized carbons (Fsp3) is 0.353. The Bertz CT molecular complexity index is 622. The van der Waals surface area contributed by atoms with Gasteiger partial charge < -0.3 is 15.5 Å². The van der Waals surface area contributed by atoms with Gasteiger partial charge in [-0.1, -0.05) is 19.1 Å². The van der Waals surface area contributed by atoms with E-state index in [1.54, 1.807) is 6.20 Å². The van der Waals surface area contributed by atoms with Crippen molar-refractivity contribution in [2.75, 3.05) is 37.8 Å². The van der Waals surface area contributed by atoms with Crippen molar-refractivity contribution in [2.45, 2.75) is 13.3 Å². The van der Waals surface area contributed by atoms with Crippen LogP contribution in [0.4, 0.5) is 11.5 Å². The topological polar surface area (TPSA) is 70.2 Å². The van der Waals surface area contributed by atoms with Crippen LogP contribution < -0.4 is 10.6 Å². The second kappa shape index (κ2) is 8.24. The first-order valence-electron chi connectivity index (χ1n) is 7.69. The van der Waals surface area contributed by atoms with Gasteiger partial charge in [0.1, 0.15) is 11.5 Å². The highest BCUT2D eigenvalue weighted by atomic mass is 16.1. The van der Waals surface area contributed by atoms with Gasteiger partial charge in [0.25, 0.3) is 5.91 Å². The molecule has 1 amide bonds. The summed E-state index contributed by atoms with van der Waals surface area (Å²) in [5, 5.41) is 5.98. The monoisotopic (exact) mass is 313 g/mol. The number of carbonyl (C=O) groups excluding carboxylic acids is 1. The van der Waals surface area contributed by atoms with Gasteiger partial charge in [-0.15, -0.1) is 0 Å². The van der Waals surface area contributed by atoms with Gasteiger partial charge >= 0.3 is 0 Å². The molecule has 0 aliphatic rings. The van der Waals surface area contributed by atoms with E-state index >= 15 is 0 Å². The van der Waals surface area contributed by atoms with Crippen molar-refractivity contribution in [2.24, 2.45) is 0 Å². The van der Waals surface area contributed by atoms with Crippen molar-refractivity contribution < 1.29 is 4.79 Å². The van der Waals surface area contributed by atoms with E-state index in [0.717, 1.165) is 25.2 Å². The summed E-state index contributed by atoms with van der Waals surface area (Å²) in [6.45, 7) is 3.77. The van der Waals surface area contributed by atoms with Crippen LogP contribution in [0.15, 0.2) is 36.7 Å². The molecular weight excluding hydrogens is 290 g/mol. The minimum absolute atomic E-state index is 0.262. The zero-order valence-corrected chi connectivity index (χ0v) is 13.8. The number of hydrogen-bond acceptors (Lipinski definition) is 5. The van der Waals surface area contributed by atoms with Crippen LogP contribution >= 0.6 is 0 Å². The van der Waals surface area contributed by atoms with Crippen LogP contribution in [-0.4, -0.2) is 48.0 Å². The molecule has 2 N–H and O–H groups in total. The number of aryl methyl sites for hydroxylation is 1. The minimum Gasteiger partial charge on any atom is -0.368 e. The molecule has 0 aliphatic carbocycles. The third-order valence-corrected chi connectivity index (χ3v) is 3.37. The molecular formula is C17H23N5O. The second-order valence-corrected chi connectivity index (χ2v) is 5.52. The molecule has 23 heavy (non-hydrogen) atoms. The average Bonchev–Trinajstić information content (AvgIpc) is 2.56. The fourth-order valence-corrected chi connectivity index (χ4v) is 1.96. The summed E-state index contributed by atoms with van der Waals surface area (Å²) < 4.78 is 0. The number of hydrogen-bond donors (Lipinski definition) is 2. The Balaban J connectivity index is 1.91. The van der Waals surface area contributed by atoms with Crippen molar-refractivity contribution in [3.63, 3.8) is 0 Å². The smallest absolute Gasteiger partial charge is 0.275 e. The lowest BCUT2D eigenvalue weighted by Crippen LogP contribution is -2.21. The van der Waals surface area contributed by atoms with Crippen LogP contribution in [0.1, 0.15) is 23.0 Å². The van der Waals surface area contributed by atoms with E-state index in [0.29, 0.717) is 11.5 Å². The van der Waals surface area contributed by atoms with E-state index in [9.17, 15) is 4.79 Å². The summed E-state index contributed by atoms with van der Waals surface area (Å²) in [7, 11) is 4.02. The lowest BCUT2D eigenvalue weighted by molar-refractivity contribution is 0.102. The minimum atomic E-state index is -0.262. The highest BCUT2D eigenvalue weighted by Gasteiger charge is 2.08. The molecule has 0 saturated carbocycles. The standard InChI is InChI=1S/C17H23N5O/c1-4-13-5-7-14(8-6-13)21-17(23)15-11-20-16(12-19-15)18-9-10-22(2)3/h5-8,11-12H,4,9-10H2,1-3H3,(H,18,20)(H,21,23). The van der Waals surface area contributed by atoms with Crippen molar-refractivity contribution in [1.29, 1.82) is 0 Å². The van der Waals surface area contributed by atoms with Crippen LogP contribution in [-0.2, 0) is 6.42 Å². The molecule has 0 radical (unpaired) electrons. The second-order valence-electron chi connectivity index (χ2n) is 5.52. The molecule has 2 rings (SSSR count). The summed E-state index contributed by atoms with van der Waals surface area (Å²) in [6.07, 6.45) is 4.03. The number of carbonyl (C=O) groups is 1. The zero-order chi connectivity index (χ0) is 16.7. The van der Waals surface area contributed by atoms with Crippen LogP contribution in [0.3, 0.4) is 0 Å². The first-order valence-corrected chi connectivity index (χ1v) is 7.69. The number of anilines is 2.